The number of benzene rings is 1. The van der Waals surface area contributed by atoms with Crippen LogP contribution in [-0.2, 0) is 9.53 Å². The van der Waals surface area contributed by atoms with Gasteiger partial charge in [-0.05, 0) is 24.7 Å². The summed E-state index contributed by atoms with van der Waals surface area (Å²) in [6.45, 7) is 3.07. The second-order valence-electron chi connectivity index (χ2n) is 3.04. The molecule has 0 amide bonds. The maximum absolute atomic E-state index is 10.9. The highest BCUT2D eigenvalue weighted by atomic mass is 16.5. The lowest BCUT2D eigenvalue weighted by molar-refractivity contribution is -0.144. The molecule has 2 heteroatoms. The number of hydrogen-bond donors (Lipinski definition) is 0. The summed E-state index contributed by atoms with van der Waals surface area (Å²) in [4.78, 5) is 10.9. The molecular weight excluding hydrogens is 200 g/mol. The van der Waals surface area contributed by atoms with E-state index in [1.807, 2.05) is 30.3 Å². The molecule has 80 valence electrons. The molecule has 0 aliphatic carbocycles. The Balaban J connectivity index is 2.92. The van der Waals surface area contributed by atoms with Crippen LogP contribution in [0.3, 0.4) is 0 Å². The van der Waals surface area contributed by atoms with Gasteiger partial charge in [-0.25, -0.2) is 0 Å². The average Bonchev–Trinajstić information content (AvgIpc) is 2.29. The second-order valence-corrected chi connectivity index (χ2v) is 3.04. The highest BCUT2D eigenvalue weighted by molar-refractivity contribution is 5.66. The first-order valence-corrected chi connectivity index (χ1v) is 4.88. The molecule has 0 aliphatic rings. The molecule has 1 atom stereocenters. The van der Waals surface area contributed by atoms with Crippen molar-refractivity contribution in [2.75, 3.05) is 0 Å². The topological polar surface area (TPSA) is 26.3 Å². The molecule has 0 spiro atoms. The minimum absolute atomic E-state index is 0.354. The number of ether oxygens (including phenoxy) is 1. The Bertz CT molecular complexity index is 466. The van der Waals surface area contributed by atoms with Crippen molar-refractivity contribution in [3.05, 3.63) is 35.9 Å². The van der Waals surface area contributed by atoms with E-state index in [2.05, 4.69) is 23.7 Å². The fourth-order valence-electron chi connectivity index (χ4n) is 1.14. The molecule has 0 unspecified atom stereocenters. The van der Waals surface area contributed by atoms with Gasteiger partial charge in [0, 0.05) is 12.5 Å². The van der Waals surface area contributed by atoms with Gasteiger partial charge in [0.15, 0.2) is 6.10 Å². The van der Waals surface area contributed by atoms with Crippen LogP contribution in [0.2, 0.25) is 0 Å². The van der Waals surface area contributed by atoms with E-state index < -0.39 is 6.10 Å². The molecule has 0 aromatic heterocycles. The fourth-order valence-corrected chi connectivity index (χ4v) is 1.14. The van der Waals surface area contributed by atoms with Crippen molar-refractivity contribution in [2.24, 2.45) is 0 Å². The van der Waals surface area contributed by atoms with Crippen LogP contribution in [0.5, 0.6) is 0 Å². The number of esters is 1. The van der Waals surface area contributed by atoms with Gasteiger partial charge in [0.25, 0.3) is 0 Å². The van der Waals surface area contributed by atoms with Gasteiger partial charge < -0.3 is 4.74 Å². The van der Waals surface area contributed by atoms with E-state index in [0.29, 0.717) is 0 Å². The Morgan fingerprint density at radius 2 is 1.94 bits per heavy atom. The van der Waals surface area contributed by atoms with Gasteiger partial charge in [-0.3, -0.25) is 4.79 Å². The van der Waals surface area contributed by atoms with Crippen LogP contribution >= 0.6 is 0 Å². The number of hydrogen-bond acceptors (Lipinski definition) is 2. The molecule has 2 nitrogen and oxygen atoms in total. The molecule has 0 radical (unpaired) electrons. The third kappa shape index (κ3) is 3.90. The fraction of sp³-hybridized carbons (Fsp3) is 0.214. The SMILES string of the molecule is CC#CC#C[C@H](OC(C)=O)c1ccccc1. The summed E-state index contributed by atoms with van der Waals surface area (Å²) >= 11 is 0. The highest BCUT2D eigenvalue weighted by Crippen LogP contribution is 2.15. The van der Waals surface area contributed by atoms with Crippen LogP contribution in [-0.4, -0.2) is 5.97 Å². The first kappa shape index (κ1) is 11.9. The lowest BCUT2D eigenvalue weighted by Crippen LogP contribution is -2.06. The van der Waals surface area contributed by atoms with E-state index in [4.69, 9.17) is 4.74 Å². The zero-order valence-corrected chi connectivity index (χ0v) is 9.28. The summed E-state index contributed by atoms with van der Waals surface area (Å²) in [6.07, 6.45) is -0.542. The van der Waals surface area contributed by atoms with Crippen molar-refractivity contribution in [2.45, 2.75) is 20.0 Å². The Morgan fingerprint density at radius 1 is 1.25 bits per heavy atom. The molecule has 0 aliphatic heterocycles. The summed E-state index contributed by atoms with van der Waals surface area (Å²) in [7, 11) is 0. The number of carbonyl (C=O) groups is 1. The predicted octanol–water partition coefficient (Wildman–Crippen LogP) is 2.32. The van der Waals surface area contributed by atoms with Gasteiger partial charge in [0.05, 0.1) is 0 Å². The highest BCUT2D eigenvalue weighted by Gasteiger charge is 2.10. The van der Waals surface area contributed by atoms with Crippen LogP contribution in [0, 0.1) is 23.7 Å². The first-order valence-electron chi connectivity index (χ1n) is 4.88. The Morgan fingerprint density at radius 3 is 2.50 bits per heavy atom. The molecule has 0 saturated heterocycles. The van der Waals surface area contributed by atoms with Crippen molar-refractivity contribution in [3.8, 4) is 23.7 Å². The molecule has 0 saturated carbocycles. The summed E-state index contributed by atoms with van der Waals surface area (Å²) in [5, 5.41) is 0. The lowest BCUT2D eigenvalue weighted by Gasteiger charge is -2.10. The molecule has 1 aromatic rings. The molecule has 1 rings (SSSR count). The largest absolute Gasteiger partial charge is 0.444 e. The number of rotatable bonds is 2. The van der Waals surface area contributed by atoms with Gasteiger partial charge in [-0.2, -0.15) is 0 Å². The molecule has 1 aromatic carbocycles. The predicted molar refractivity (Wildman–Crippen MR) is 62.2 cm³/mol. The summed E-state index contributed by atoms with van der Waals surface area (Å²) in [5.41, 5.74) is 0.850. The summed E-state index contributed by atoms with van der Waals surface area (Å²) in [5.74, 6) is 10.4. The van der Waals surface area contributed by atoms with Crippen LogP contribution in [0.25, 0.3) is 0 Å². The maximum Gasteiger partial charge on any atom is 0.304 e. The zero-order valence-electron chi connectivity index (χ0n) is 9.28. The third-order valence-electron chi connectivity index (χ3n) is 1.78. The summed E-state index contributed by atoms with van der Waals surface area (Å²) < 4.78 is 5.10. The maximum atomic E-state index is 10.9. The van der Waals surface area contributed by atoms with E-state index in [9.17, 15) is 4.79 Å². The van der Waals surface area contributed by atoms with Crippen LogP contribution in [0.15, 0.2) is 30.3 Å². The van der Waals surface area contributed by atoms with E-state index >= 15 is 0 Å². The quantitative estimate of drug-likeness (QED) is 0.555. The van der Waals surface area contributed by atoms with Gasteiger partial charge >= 0.3 is 5.97 Å². The lowest BCUT2D eigenvalue weighted by atomic mass is 10.1. The molecule has 0 bridgehead atoms. The van der Waals surface area contributed by atoms with Crippen molar-refractivity contribution < 1.29 is 9.53 Å². The summed E-state index contributed by atoms with van der Waals surface area (Å²) in [6, 6.07) is 9.37. The van der Waals surface area contributed by atoms with Gasteiger partial charge in [0.2, 0.25) is 0 Å². The Labute approximate surface area is 95.6 Å². The monoisotopic (exact) mass is 212 g/mol. The second kappa shape index (κ2) is 6.32. The smallest absolute Gasteiger partial charge is 0.304 e. The molecule has 0 N–H and O–H groups in total. The van der Waals surface area contributed by atoms with Crippen LogP contribution < -0.4 is 0 Å². The van der Waals surface area contributed by atoms with Gasteiger partial charge in [-0.15, -0.1) is 0 Å². The minimum atomic E-state index is -0.542. The van der Waals surface area contributed by atoms with Crippen molar-refractivity contribution in [3.63, 3.8) is 0 Å². The molecule has 0 heterocycles. The van der Waals surface area contributed by atoms with E-state index in [0.717, 1.165) is 5.56 Å². The third-order valence-corrected chi connectivity index (χ3v) is 1.78. The molecule has 0 fully saturated rings. The first-order chi connectivity index (χ1) is 7.74. The molecule has 16 heavy (non-hydrogen) atoms. The van der Waals surface area contributed by atoms with E-state index in [1.165, 1.54) is 6.92 Å². The van der Waals surface area contributed by atoms with E-state index in [1.54, 1.807) is 6.92 Å². The van der Waals surface area contributed by atoms with Crippen molar-refractivity contribution in [1.82, 2.24) is 0 Å². The standard InChI is InChI=1S/C14H12O2/c1-3-4-6-11-14(16-12(2)15)13-9-7-5-8-10-13/h5,7-10,14H,1-2H3/t14-/m0/s1. The Hall–Kier alpha value is -2.19. The van der Waals surface area contributed by atoms with E-state index in [-0.39, 0.29) is 5.97 Å². The van der Waals surface area contributed by atoms with Crippen molar-refractivity contribution >= 4 is 5.97 Å². The Kier molecular flexibility index (Phi) is 4.70. The zero-order chi connectivity index (χ0) is 11.8. The minimum Gasteiger partial charge on any atom is -0.444 e. The van der Waals surface area contributed by atoms with Gasteiger partial charge in [0.1, 0.15) is 0 Å². The normalized spacial score (nSPS) is 10.1. The number of carbonyl (C=O) groups excluding carboxylic acids is 1. The van der Waals surface area contributed by atoms with Crippen molar-refractivity contribution in [1.29, 1.82) is 0 Å². The van der Waals surface area contributed by atoms with Crippen LogP contribution in [0.4, 0.5) is 0 Å². The van der Waals surface area contributed by atoms with Gasteiger partial charge in [-0.1, -0.05) is 36.3 Å². The van der Waals surface area contributed by atoms with Crippen LogP contribution in [0.1, 0.15) is 25.5 Å². The molecular formula is C14H12O2. The average molecular weight is 212 g/mol.